The van der Waals surface area contributed by atoms with Crippen LogP contribution in [-0.4, -0.2) is 44.4 Å². The number of rotatable bonds is 10. The molecule has 27 heavy (non-hydrogen) atoms. The fraction of sp³-hybridized carbons (Fsp3) is 0.529. The van der Waals surface area contributed by atoms with E-state index in [9.17, 15) is 22.8 Å². The summed E-state index contributed by atoms with van der Waals surface area (Å²) in [5, 5.41) is 6.32. The van der Waals surface area contributed by atoms with E-state index in [-0.39, 0.29) is 0 Å². The van der Waals surface area contributed by atoms with Crippen molar-refractivity contribution < 1.29 is 32.2 Å². The maximum atomic E-state index is 12.0. The second-order valence-corrected chi connectivity index (χ2v) is 5.56. The lowest BCUT2D eigenvalue weighted by Gasteiger charge is -2.14. The first kappa shape index (κ1) is 22.4. The molecule has 0 saturated heterocycles. The minimum absolute atomic E-state index is 0.387. The summed E-state index contributed by atoms with van der Waals surface area (Å²) >= 11 is 0. The van der Waals surface area contributed by atoms with Crippen molar-refractivity contribution in [2.24, 2.45) is 0 Å². The Hall–Kier alpha value is -2.65. The van der Waals surface area contributed by atoms with Gasteiger partial charge in [0, 0.05) is 11.8 Å². The van der Waals surface area contributed by atoms with Gasteiger partial charge in [-0.05, 0) is 25.0 Å². The molecule has 1 aromatic rings. The average molecular weight is 391 g/mol. The number of halogens is 3. The Morgan fingerprint density at radius 1 is 1.00 bits per heavy atom. The number of anilines is 1. The Bertz CT molecular complexity index is 624. The highest BCUT2D eigenvalue weighted by molar-refractivity contribution is 5.92. The van der Waals surface area contributed by atoms with E-state index in [4.69, 9.17) is 9.47 Å². The lowest BCUT2D eigenvalue weighted by molar-refractivity contribution is -0.137. The molecule has 3 amide bonds. The summed E-state index contributed by atoms with van der Waals surface area (Å²) in [4.78, 5) is 23.1. The Labute approximate surface area is 155 Å². The van der Waals surface area contributed by atoms with Gasteiger partial charge in [0.05, 0.1) is 19.8 Å². The van der Waals surface area contributed by atoms with Crippen LogP contribution in [0.3, 0.4) is 0 Å². The molecule has 0 saturated carbocycles. The first-order valence-corrected chi connectivity index (χ1v) is 8.53. The van der Waals surface area contributed by atoms with Crippen LogP contribution in [-0.2, 0) is 4.79 Å². The van der Waals surface area contributed by atoms with Gasteiger partial charge in [0.1, 0.15) is 6.54 Å². The molecule has 0 aromatic heterocycles. The topological polar surface area (TPSA) is 88.7 Å². The summed E-state index contributed by atoms with van der Waals surface area (Å²) < 4.78 is 47.2. The SMILES string of the molecule is CCCOc1ccc(NC(=O)NCC(=O)NCC(F)(F)F)cc1OCCC. The molecule has 0 heterocycles. The molecule has 0 bridgehead atoms. The molecule has 0 aliphatic heterocycles. The molecule has 0 radical (unpaired) electrons. The minimum atomic E-state index is -4.51. The van der Waals surface area contributed by atoms with Crippen molar-refractivity contribution in [3.8, 4) is 11.5 Å². The lowest BCUT2D eigenvalue weighted by atomic mass is 10.2. The van der Waals surface area contributed by atoms with E-state index in [1.807, 2.05) is 13.8 Å². The molecular formula is C17H24F3N3O4. The van der Waals surface area contributed by atoms with Crippen LogP contribution in [0.2, 0.25) is 0 Å². The van der Waals surface area contributed by atoms with Gasteiger partial charge in [0.2, 0.25) is 5.91 Å². The van der Waals surface area contributed by atoms with Crippen molar-refractivity contribution >= 4 is 17.6 Å². The van der Waals surface area contributed by atoms with Crippen molar-refractivity contribution in [2.45, 2.75) is 32.9 Å². The molecule has 1 rings (SSSR count). The van der Waals surface area contributed by atoms with Crippen LogP contribution in [0.4, 0.5) is 23.7 Å². The van der Waals surface area contributed by atoms with E-state index in [0.717, 1.165) is 12.8 Å². The second-order valence-electron chi connectivity index (χ2n) is 5.56. The van der Waals surface area contributed by atoms with Gasteiger partial charge in [0.15, 0.2) is 11.5 Å². The number of ether oxygens (including phenoxy) is 2. The van der Waals surface area contributed by atoms with Crippen LogP contribution in [0.15, 0.2) is 18.2 Å². The number of benzene rings is 1. The highest BCUT2D eigenvalue weighted by atomic mass is 19.4. The Morgan fingerprint density at radius 2 is 1.63 bits per heavy atom. The standard InChI is InChI=1S/C17H24F3N3O4/c1-3-7-26-13-6-5-12(9-14(13)27-8-4-2)23-16(25)21-10-15(24)22-11-17(18,19)20/h5-6,9H,3-4,7-8,10-11H2,1-2H3,(H,22,24)(H2,21,23,25). The summed E-state index contributed by atoms with van der Waals surface area (Å²) in [6.45, 7) is 2.87. The predicted molar refractivity (Wildman–Crippen MR) is 94.1 cm³/mol. The third kappa shape index (κ3) is 9.57. The first-order valence-electron chi connectivity index (χ1n) is 8.53. The van der Waals surface area contributed by atoms with E-state index in [1.54, 1.807) is 23.5 Å². The van der Waals surface area contributed by atoms with Gasteiger partial charge in [-0.15, -0.1) is 0 Å². The molecule has 0 spiro atoms. The maximum Gasteiger partial charge on any atom is 0.405 e. The number of nitrogens with one attached hydrogen (secondary N) is 3. The van der Waals surface area contributed by atoms with Crippen molar-refractivity contribution in [1.29, 1.82) is 0 Å². The van der Waals surface area contributed by atoms with Crippen LogP contribution in [0.5, 0.6) is 11.5 Å². The fourth-order valence-corrected chi connectivity index (χ4v) is 1.84. The number of carbonyl (C=O) groups is 2. The van der Waals surface area contributed by atoms with Crippen LogP contribution < -0.4 is 25.4 Å². The Morgan fingerprint density at radius 3 is 2.22 bits per heavy atom. The van der Waals surface area contributed by atoms with E-state index in [0.29, 0.717) is 30.4 Å². The predicted octanol–water partition coefficient (Wildman–Crippen LogP) is 3.06. The van der Waals surface area contributed by atoms with Gasteiger partial charge in [-0.2, -0.15) is 13.2 Å². The second kappa shape index (κ2) is 11.1. The normalized spacial score (nSPS) is 10.9. The smallest absolute Gasteiger partial charge is 0.405 e. The largest absolute Gasteiger partial charge is 0.490 e. The van der Waals surface area contributed by atoms with Crippen molar-refractivity contribution in [1.82, 2.24) is 10.6 Å². The van der Waals surface area contributed by atoms with Gasteiger partial charge >= 0.3 is 12.2 Å². The number of hydrogen-bond donors (Lipinski definition) is 3. The first-order chi connectivity index (χ1) is 12.7. The third-order valence-electron chi connectivity index (χ3n) is 3.02. The molecule has 0 fully saturated rings. The number of amides is 3. The van der Waals surface area contributed by atoms with Gasteiger partial charge in [0.25, 0.3) is 0 Å². The lowest BCUT2D eigenvalue weighted by Crippen LogP contribution is -2.42. The molecule has 0 aliphatic rings. The van der Waals surface area contributed by atoms with E-state index < -0.39 is 31.2 Å². The highest BCUT2D eigenvalue weighted by Crippen LogP contribution is 2.30. The van der Waals surface area contributed by atoms with Gasteiger partial charge in [-0.3, -0.25) is 4.79 Å². The molecule has 3 N–H and O–H groups in total. The summed E-state index contributed by atoms with van der Waals surface area (Å²) in [5.41, 5.74) is 0.387. The van der Waals surface area contributed by atoms with Crippen LogP contribution >= 0.6 is 0 Å². The number of carbonyl (C=O) groups excluding carboxylic acids is 2. The van der Waals surface area contributed by atoms with Crippen molar-refractivity contribution in [3.63, 3.8) is 0 Å². The van der Waals surface area contributed by atoms with Crippen LogP contribution in [0.25, 0.3) is 0 Å². The molecule has 10 heteroatoms. The van der Waals surface area contributed by atoms with Crippen LogP contribution in [0.1, 0.15) is 26.7 Å². The summed E-state index contributed by atoms with van der Waals surface area (Å²) in [6.07, 6.45) is -2.89. The summed E-state index contributed by atoms with van der Waals surface area (Å²) in [7, 11) is 0. The zero-order valence-corrected chi connectivity index (χ0v) is 15.2. The zero-order valence-electron chi connectivity index (χ0n) is 15.2. The summed E-state index contributed by atoms with van der Waals surface area (Å²) in [5.74, 6) is 0.0616. The van der Waals surface area contributed by atoms with Gasteiger partial charge < -0.3 is 25.4 Å². The van der Waals surface area contributed by atoms with Crippen molar-refractivity contribution in [2.75, 3.05) is 31.6 Å². The molecule has 1 aromatic carbocycles. The molecule has 0 atom stereocenters. The highest BCUT2D eigenvalue weighted by Gasteiger charge is 2.27. The fourth-order valence-electron chi connectivity index (χ4n) is 1.84. The number of alkyl halides is 3. The molecule has 0 unspecified atom stereocenters. The minimum Gasteiger partial charge on any atom is -0.490 e. The average Bonchev–Trinajstić information content (AvgIpc) is 2.61. The molecule has 7 nitrogen and oxygen atoms in total. The Balaban J connectivity index is 2.58. The zero-order chi connectivity index (χ0) is 20.3. The monoisotopic (exact) mass is 391 g/mol. The summed E-state index contributed by atoms with van der Waals surface area (Å²) in [6, 6.07) is 4.07. The molecular weight excluding hydrogens is 367 g/mol. The molecule has 152 valence electrons. The van der Waals surface area contributed by atoms with E-state index >= 15 is 0 Å². The molecule has 0 aliphatic carbocycles. The van der Waals surface area contributed by atoms with E-state index in [1.165, 1.54) is 0 Å². The van der Waals surface area contributed by atoms with Gasteiger partial charge in [-0.1, -0.05) is 13.8 Å². The third-order valence-corrected chi connectivity index (χ3v) is 3.02. The maximum absolute atomic E-state index is 12.0. The van der Waals surface area contributed by atoms with E-state index in [2.05, 4.69) is 10.6 Å². The Kier molecular flexibility index (Phi) is 9.24. The quantitative estimate of drug-likeness (QED) is 0.572. The number of hydrogen-bond acceptors (Lipinski definition) is 4. The van der Waals surface area contributed by atoms with Gasteiger partial charge in [-0.25, -0.2) is 4.79 Å². The number of urea groups is 1. The van der Waals surface area contributed by atoms with Crippen molar-refractivity contribution in [3.05, 3.63) is 18.2 Å². The van der Waals surface area contributed by atoms with Crippen LogP contribution in [0, 0.1) is 0 Å².